The highest BCUT2D eigenvalue weighted by Gasteiger charge is 2.09. The minimum Gasteiger partial charge on any atom is -0.311 e. The van der Waals surface area contributed by atoms with Crippen molar-refractivity contribution in [2.45, 2.75) is 27.3 Å². The first-order valence-corrected chi connectivity index (χ1v) is 6.82. The van der Waals surface area contributed by atoms with Crippen molar-refractivity contribution in [2.24, 2.45) is 5.92 Å². The molecule has 19 heavy (non-hydrogen) atoms. The number of halogens is 1. The lowest BCUT2D eigenvalue weighted by atomic mass is 10.2. The number of rotatable bonds is 5. The number of aromatic nitrogens is 3. The molecule has 0 unspecified atom stereocenters. The van der Waals surface area contributed by atoms with Crippen LogP contribution in [0.5, 0.6) is 0 Å². The van der Waals surface area contributed by atoms with E-state index in [1.807, 2.05) is 29.8 Å². The van der Waals surface area contributed by atoms with Gasteiger partial charge in [-0.05, 0) is 43.1 Å². The van der Waals surface area contributed by atoms with Crippen LogP contribution < -0.4 is 5.32 Å². The van der Waals surface area contributed by atoms with Gasteiger partial charge in [-0.25, -0.2) is 4.68 Å². The van der Waals surface area contributed by atoms with Gasteiger partial charge in [0.15, 0.2) is 0 Å². The van der Waals surface area contributed by atoms with Crippen molar-refractivity contribution >= 4 is 11.6 Å². The van der Waals surface area contributed by atoms with Crippen LogP contribution in [-0.4, -0.2) is 21.5 Å². The van der Waals surface area contributed by atoms with Gasteiger partial charge < -0.3 is 5.32 Å². The van der Waals surface area contributed by atoms with E-state index >= 15 is 0 Å². The highest BCUT2D eigenvalue weighted by Crippen LogP contribution is 2.19. The summed E-state index contributed by atoms with van der Waals surface area (Å²) in [5, 5.41) is 12.3. The van der Waals surface area contributed by atoms with Gasteiger partial charge in [0.1, 0.15) is 0 Å². The second-order valence-electron chi connectivity index (χ2n) is 5.09. The van der Waals surface area contributed by atoms with Crippen LogP contribution in [0.2, 0.25) is 5.02 Å². The smallest absolute Gasteiger partial charge is 0.0783 e. The highest BCUT2D eigenvalue weighted by molar-refractivity contribution is 6.30. The summed E-state index contributed by atoms with van der Waals surface area (Å²) in [5.41, 5.74) is 3.15. The second kappa shape index (κ2) is 6.17. The molecular weight excluding hydrogens is 260 g/mol. The van der Waals surface area contributed by atoms with E-state index in [4.69, 9.17) is 11.6 Å². The predicted octanol–water partition coefficient (Wildman–Crippen LogP) is 2.97. The van der Waals surface area contributed by atoms with Gasteiger partial charge in [-0.2, -0.15) is 0 Å². The third-order valence-corrected chi connectivity index (χ3v) is 3.10. The van der Waals surface area contributed by atoms with E-state index in [9.17, 15) is 0 Å². The molecule has 0 fully saturated rings. The highest BCUT2D eigenvalue weighted by atomic mass is 35.5. The van der Waals surface area contributed by atoms with Crippen molar-refractivity contribution < 1.29 is 0 Å². The molecule has 0 saturated carbocycles. The van der Waals surface area contributed by atoms with Crippen LogP contribution in [0.4, 0.5) is 0 Å². The zero-order valence-corrected chi connectivity index (χ0v) is 12.3. The van der Waals surface area contributed by atoms with Crippen molar-refractivity contribution in [3.63, 3.8) is 0 Å². The fourth-order valence-electron chi connectivity index (χ4n) is 1.93. The SMILES string of the molecule is Cc1cc(Cl)ccc1-n1nncc1CNCC(C)C. The Balaban J connectivity index is 2.19. The molecule has 1 N–H and O–H groups in total. The Hall–Kier alpha value is -1.39. The van der Waals surface area contributed by atoms with E-state index in [0.29, 0.717) is 5.92 Å². The van der Waals surface area contributed by atoms with Crippen molar-refractivity contribution in [1.82, 2.24) is 20.3 Å². The van der Waals surface area contributed by atoms with E-state index in [1.54, 1.807) is 6.20 Å². The molecule has 0 aliphatic rings. The molecule has 1 heterocycles. The van der Waals surface area contributed by atoms with E-state index in [-0.39, 0.29) is 0 Å². The first-order chi connectivity index (χ1) is 9.08. The number of benzene rings is 1. The summed E-state index contributed by atoms with van der Waals surface area (Å²) in [6.07, 6.45) is 1.79. The summed E-state index contributed by atoms with van der Waals surface area (Å²) in [6.45, 7) is 8.13. The first-order valence-electron chi connectivity index (χ1n) is 6.44. The van der Waals surface area contributed by atoms with Gasteiger partial charge in [-0.15, -0.1) is 5.10 Å². The third-order valence-electron chi connectivity index (χ3n) is 2.87. The monoisotopic (exact) mass is 278 g/mol. The summed E-state index contributed by atoms with van der Waals surface area (Å²) in [5.74, 6) is 0.626. The zero-order chi connectivity index (χ0) is 13.8. The Labute approximate surface area is 118 Å². The van der Waals surface area contributed by atoms with Crippen LogP contribution in [0, 0.1) is 12.8 Å². The van der Waals surface area contributed by atoms with Crippen LogP contribution in [0.3, 0.4) is 0 Å². The molecule has 1 aromatic heterocycles. The molecule has 0 bridgehead atoms. The molecule has 1 aromatic carbocycles. The Kier molecular flexibility index (Phi) is 4.56. The number of nitrogens with zero attached hydrogens (tertiary/aromatic N) is 3. The maximum Gasteiger partial charge on any atom is 0.0783 e. The number of hydrogen-bond donors (Lipinski definition) is 1. The van der Waals surface area contributed by atoms with Crippen LogP contribution in [0.15, 0.2) is 24.4 Å². The van der Waals surface area contributed by atoms with Crippen LogP contribution >= 0.6 is 11.6 Å². The summed E-state index contributed by atoms with van der Waals surface area (Å²) in [4.78, 5) is 0. The molecule has 102 valence electrons. The molecule has 4 nitrogen and oxygen atoms in total. The molecule has 0 amide bonds. The molecule has 0 radical (unpaired) electrons. The van der Waals surface area contributed by atoms with Crippen molar-refractivity contribution in [2.75, 3.05) is 6.54 Å². The Morgan fingerprint density at radius 2 is 2.16 bits per heavy atom. The molecule has 2 rings (SSSR count). The molecule has 0 spiro atoms. The summed E-state index contributed by atoms with van der Waals surface area (Å²) in [7, 11) is 0. The quantitative estimate of drug-likeness (QED) is 0.914. The normalized spacial score (nSPS) is 11.2. The molecular formula is C14H19ClN4. The molecule has 0 aliphatic carbocycles. The van der Waals surface area contributed by atoms with Gasteiger partial charge in [-0.3, -0.25) is 0 Å². The van der Waals surface area contributed by atoms with Crippen molar-refractivity contribution in [1.29, 1.82) is 0 Å². The molecule has 0 aliphatic heterocycles. The lowest BCUT2D eigenvalue weighted by Gasteiger charge is -2.11. The second-order valence-corrected chi connectivity index (χ2v) is 5.53. The minimum atomic E-state index is 0.626. The zero-order valence-electron chi connectivity index (χ0n) is 11.5. The molecule has 2 aromatic rings. The molecule has 0 atom stereocenters. The van der Waals surface area contributed by atoms with E-state index in [0.717, 1.165) is 35.1 Å². The van der Waals surface area contributed by atoms with Crippen LogP contribution in [0.1, 0.15) is 25.1 Å². The van der Waals surface area contributed by atoms with E-state index in [2.05, 4.69) is 29.5 Å². The topological polar surface area (TPSA) is 42.7 Å². The van der Waals surface area contributed by atoms with Gasteiger partial charge >= 0.3 is 0 Å². The standard InChI is InChI=1S/C14H19ClN4/c1-10(2)7-16-8-13-9-17-18-19(13)14-5-4-12(15)6-11(14)3/h4-6,9-10,16H,7-8H2,1-3H3. The Bertz CT molecular complexity index is 548. The van der Waals surface area contributed by atoms with Crippen LogP contribution in [0.25, 0.3) is 5.69 Å². The maximum absolute atomic E-state index is 5.98. The van der Waals surface area contributed by atoms with Gasteiger partial charge in [0.25, 0.3) is 0 Å². The van der Waals surface area contributed by atoms with Crippen molar-refractivity contribution in [3.05, 3.63) is 40.7 Å². The number of aryl methyl sites for hydroxylation is 1. The number of nitrogens with one attached hydrogen (secondary N) is 1. The van der Waals surface area contributed by atoms with E-state index in [1.165, 1.54) is 0 Å². The average Bonchev–Trinajstić information content (AvgIpc) is 2.77. The first kappa shape index (κ1) is 14.0. The lowest BCUT2D eigenvalue weighted by molar-refractivity contribution is 0.542. The fourth-order valence-corrected chi connectivity index (χ4v) is 2.15. The molecule has 5 heteroatoms. The summed E-state index contributed by atoms with van der Waals surface area (Å²) in [6, 6.07) is 5.78. The Morgan fingerprint density at radius 3 is 2.84 bits per heavy atom. The van der Waals surface area contributed by atoms with Gasteiger partial charge in [0.2, 0.25) is 0 Å². The summed E-state index contributed by atoms with van der Waals surface area (Å²) >= 11 is 5.98. The molecule has 0 saturated heterocycles. The minimum absolute atomic E-state index is 0.626. The van der Waals surface area contributed by atoms with Crippen molar-refractivity contribution in [3.8, 4) is 5.69 Å². The fraction of sp³-hybridized carbons (Fsp3) is 0.429. The summed E-state index contributed by atoms with van der Waals surface area (Å²) < 4.78 is 1.86. The lowest BCUT2D eigenvalue weighted by Crippen LogP contribution is -2.21. The number of hydrogen-bond acceptors (Lipinski definition) is 3. The Morgan fingerprint density at radius 1 is 1.37 bits per heavy atom. The van der Waals surface area contributed by atoms with Gasteiger partial charge in [-0.1, -0.05) is 30.7 Å². The van der Waals surface area contributed by atoms with E-state index < -0.39 is 0 Å². The average molecular weight is 279 g/mol. The maximum atomic E-state index is 5.98. The largest absolute Gasteiger partial charge is 0.311 e. The van der Waals surface area contributed by atoms with Crippen LogP contribution in [-0.2, 0) is 6.54 Å². The van der Waals surface area contributed by atoms with Gasteiger partial charge in [0.05, 0.1) is 17.6 Å². The predicted molar refractivity (Wildman–Crippen MR) is 77.7 cm³/mol. The third kappa shape index (κ3) is 3.55. The van der Waals surface area contributed by atoms with Gasteiger partial charge in [0, 0.05) is 11.6 Å².